The van der Waals surface area contributed by atoms with Crippen LogP contribution in [-0.4, -0.2) is 12.0 Å². The van der Waals surface area contributed by atoms with Gasteiger partial charge in [0.15, 0.2) is 0 Å². The Labute approximate surface area is 87.7 Å². The van der Waals surface area contributed by atoms with Crippen molar-refractivity contribution in [3.63, 3.8) is 0 Å². The minimum Gasteiger partial charge on any atom is -0.285 e. The Balaban J connectivity index is 2.85. The van der Waals surface area contributed by atoms with E-state index in [0.29, 0.717) is 11.0 Å². The van der Waals surface area contributed by atoms with Gasteiger partial charge in [-0.05, 0) is 11.4 Å². The minimum absolute atomic E-state index is 0.0299. The number of hydrogen-bond donors (Lipinski definition) is 1. The average Bonchev–Trinajstić information content (AvgIpc) is 2.53. The number of carbonyl (C=O) groups excluding carboxylic acids is 1. The summed E-state index contributed by atoms with van der Waals surface area (Å²) in [5, 5.41) is 1.69. The van der Waals surface area contributed by atoms with Gasteiger partial charge < -0.3 is 0 Å². The molecule has 0 atom stereocenters. The fourth-order valence-electron chi connectivity index (χ4n) is 0.701. The summed E-state index contributed by atoms with van der Waals surface area (Å²) in [5.41, 5.74) is 0. The van der Waals surface area contributed by atoms with Crippen LogP contribution in [0.25, 0.3) is 4.91 Å². The second-order valence-corrected chi connectivity index (χ2v) is 3.80. The standard InChI is InChI=1S/C8H5F3OS2/c9-8(10,11)7(12)4-5(13)6-2-1-3-14-6/h1-4,13H/b5-4+. The maximum atomic E-state index is 11.8. The zero-order chi connectivity index (χ0) is 10.8. The molecule has 0 aliphatic rings. The molecule has 0 N–H and O–H groups in total. The van der Waals surface area contributed by atoms with Crippen molar-refractivity contribution in [3.8, 4) is 0 Å². The lowest BCUT2D eigenvalue weighted by Gasteiger charge is -2.00. The number of hydrogen-bond acceptors (Lipinski definition) is 3. The van der Waals surface area contributed by atoms with E-state index in [-0.39, 0.29) is 4.91 Å². The largest absolute Gasteiger partial charge is 0.454 e. The molecule has 0 radical (unpaired) electrons. The van der Waals surface area contributed by atoms with Gasteiger partial charge in [-0.2, -0.15) is 13.2 Å². The number of thiol groups is 1. The Morgan fingerprint density at radius 1 is 1.50 bits per heavy atom. The van der Waals surface area contributed by atoms with Gasteiger partial charge in [0, 0.05) is 15.9 Å². The highest BCUT2D eigenvalue weighted by Gasteiger charge is 2.36. The van der Waals surface area contributed by atoms with E-state index in [4.69, 9.17) is 0 Å². The molecule has 0 aromatic carbocycles. The number of carbonyl (C=O) groups is 1. The molecular formula is C8H5F3OS2. The molecule has 1 aromatic rings. The lowest BCUT2D eigenvalue weighted by Crippen LogP contribution is -2.20. The Hall–Kier alpha value is -0.750. The fraction of sp³-hybridized carbons (Fsp3) is 0.125. The Kier molecular flexibility index (Phi) is 3.38. The predicted molar refractivity (Wildman–Crippen MR) is 52.3 cm³/mol. The van der Waals surface area contributed by atoms with Crippen LogP contribution < -0.4 is 0 Å². The summed E-state index contributed by atoms with van der Waals surface area (Å²) in [6, 6.07) is 3.26. The van der Waals surface area contributed by atoms with Crippen LogP contribution in [0, 0.1) is 0 Å². The zero-order valence-corrected chi connectivity index (χ0v) is 8.42. The van der Waals surface area contributed by atoms with Gasteiger partial charge in [-0.3, -0.25) is 4.79 Å². The highest BCUT2D eigenvalue weighted by Crippen LogP contribution is 2.25. The number of ketones is 1. The van der Waals surface area contributed by atoms with E-state index in [1.165, 1.54) is 11.3 Å². The van der Waals surface area contributed by atoms with Gasteiger partial charge in [0.25, 0.3) is 5.78 Å². The van der Waals surface area contributed by atoms with Crippen molar-refractivity contribution in [1.29, 1.82) is 0 Å². The monoisotopic (exact) mass is 238 g/mol. The number of allylic oxidation sites excluding steroid dienone is 1. The van der Waals surface area contributed by atoms with Crippen molar-refractivity contribution >= 4 is 34.7 Å². The molecule has 1 rings (SSSR count). The summed E-state index contributed by atoms with van der Waals surface area (Å²) in [7, 11) is 0. The molecule has 1 nitrogen and oxygen atoms in total. The maximum Gasteiger partial charge on any atom is 0.454 e. The quantitative estimate of drug-likeness (QED) is 0.618. The molecule has 1 heterocycles. The molecule has 0 spiro atoms. The molecule has 0 aliphatic carbocycles. The van der Waals surface area contributed by atoms with Crippen LogP contribution in [0.4, 0.5) is 13.2 Å². The first kappa shape index (κ1) is 11.3. The van der Waals surface area contributed by atoms with E-state index in [0.717, 1.165) is 0 Å². The van der Waals surface area contributed by atoms with Crippen molar-refractivity contribution in [2.45, 2.75) is 6.18 Å². The average molecular weight is 238 g/mol. The van der Waals surface area contributed by atoms with Gasteiger partial charge >= 0.3 is 6.18 Å². The third-order valence-corrected chi connectivity index (χ3v) is 2.75. The van der Waals surface area contributed by atoms with E-state index in [2.05, 4.69) is 12.6 Å². The fourth-order valence-corrected chi connectivity index (χ4v) is 1.69. The van der Waals surface area contributed by atoms with E-state index in [1.807, 2.05) is 0 Å². The van der Waals surface area contributed by atoms with Crippen LogP contribution in [0.1, 0.15) is 4.88 Å². The second-order valence-electron chi connectivity index (χ2n) is 2.37. The van der Waals surface area contributed by atoms with Crippen LogP contribution >= 0.6 is 24.0 Å². The first-order valence-electron chi connectivity index (χ1n) is 3.47. The smallest absolute Gasteiger partial charge is 0.285 e. The molecule has 14 heavy (non-hydrogen) atoms. The van der Waals surface area contributed by atoms with Gasteiger partial charge in [-0.25, -0.2) is 0 Å². The normalized spacial score (nSPS) is 13.0. The summed E-state index contributed by atoms with van der Waals surface area (Å²) >= 11 is 5.03. The highest BCUT2D eigenvalue weighted by molar-refractivity contribution is 7.90. The van der Waals surface area contributed by atoms with Crippen LogP contribution in [0.3, 0.4) is 0 Å². The molecule has 76 valence electrons. The summed E-state index contributed by atoms with van der Waals surface area (Å²) in [5.74, 6) is -1.89. The van der Waals surface area contributed by atoms with Crippen molar-refractivity contribution in [1.82, 2.24) is 0 Å². The van der Waals surface area contributed by atoms with Crippen molar-refractivity contribution in [2.24, 2.45) is 0 Å². The first-order valence-corrected chi connectivity index (χ1v) is 4.79. The van der Waals surface area contributed by atoms with E-state index in [9.17, 15) is 18.0 Å². The number of alkyl halides is 3. The number of thiophene rings is 1. The van der Waals surface area contributed by atoms with Crippen molar-refractivity contribution in [2.75, 3.05) is 0 Å². The molecule has 0 bridgehead atoms. The summed E-state index contributed by atoms with van der Waals surface area (Å²) < 4.78 is 35.5. The van der Waals surface area contributed by atoms with Gasteiger partial charge in [0.2, 0.25) is 0 Å². The molecule has 0 amide bonds. The lowest BCUT2D eigenvalue weighted by atomic mass is 10.3. The van der Waals surface area contributed by atoms with E-state index < -0.39 is 12.0 Å². The van der Waals surface area contributed by atoms with Crippen LogP contribution in [0.5, 0.6) is 0 Å². The maximum absolute atomic E-state index is 11.8. The molecular weight excluding hydrogens is 233 g/mol. The van der Waals surface area contributed by atoms with Crippen molar-refractivity contribution in [3.05, 3.63) is 28.5 Å². The first-order chi connectivity index (χ1) is 6.41. The summed E-state index contributed by atoms with van der Waals surface area (Å²) in [6.45, 7) is 0. The van der Waals surface area contributed by atoms with Gasteiger partial charge in [0.05, 0.1) is 0 Å². The third kappa shape index (κ3) is 2.88. The van der Waals surface area contributed by atoms with Crippen LogP contribution in [0.15, 0.2) is 23.6 Å². The molecule has 0 saturated heterocycles. The third-order valence-electron chi connectivity index (χ3n) is 1.32. The Bertz CT molecular complexity index is 351. The lowest BCUT2D eigenvalue weighted by molar-refractivity contribution is -0.165. The zero-order valence-electron chi connectivity index (χ0n) is 6.71. The van der Waals surface area contributed by atoms with E-state index >= 15 is 0 Å². The summed E-state index contributed by atoms with van der Waals surface area (Å²) in [6.07, 6.45) is -4.35. The molecule has 0 saturated carbocycles. The van der Waals surface area contributed by atoms with E-state index in [1.54, 1.807) is 17.5 Å². The topological polar surface area (TPSA) is 17.1 Å². The highest BCUT2D eigenvalue weighted by atomic mass is 32.1. The molecule has 0 aliphatic heterocycles. The van der Waals surface area contributed by atoms with Gasteiger partial charge in [-0.1, -0.05) is 6.07 Å². The minimum atomic E-state index is -4.83. The Morgan fingerprint density at radius 2 is 2.14 bits per heavy atom. The molecule has 0 unspecified atom stereocenters. The number of halogens is 3. The van der Waals surface area contributed by atoms with Crippen LogP contribution in [-0.2, 0) is 4.79 Å². The number of rotatable bonds is 2. The van der Waals surface area contributed by atoms with Gasteiger partial charge in [0.1, 0.15) is 0 Å². The Morgan fingerprint density at radius 3 is 2.57 bits per heavy atom. The second kappa shape index (κ2) is 4.18. The SMILES string of the molecule is O=C(/C=C(/S)c1cccs1)C(F)(F)F. The summed E-state index contributed by atoms with van der Waals surface area (Å²) in [4.78, 5) is 11.1. The predicted octanol–water partition coefficient (Wildman–Crippen LogP) is 3.15. The van der Waals surface area contributed by atoms with Gasteiger partial charge in [-0.15, -0.1) is 24.0 Å². The van der Waals surface area contributed by atoms with Crippen molar-refractivity contribution < 1.29 is 18.0 Å². The van der Waals surface area contributed by atoms with Crippen LogP contribution in [0.2, 0.25) is 0 Å². The molecule has 1 aromatic heterocycles. The molecule has 0 fully saturated rings. The molecule has 6 heteroatoms.